The van der Waals surface area contributed by atoms with Crippen molar-refractivity contribution >= 4 is 17.6 Å². The van der Waals surface area contributed by atoms with E-state index in [4.69, 9.17) is 5.11 Å². The Morgan fingerprint density at radius 3 is 2.39 bits per heavy atom. The van der Waals surface area contributed by atoms with Gasteiger partial charge in [-0.15, -0.1) is 0 Å². The summed E-state index contributed by atoms with van der Waals surface area (Å²) < 4.78 is 0. The van der Waals surface area contributed by atoms with Crippen molar-refractivity contribution in [2.75, 3.05) is 11.9 Å². The van der Waals surface area contributed by atoms with Crippen LogP contribution in [-0.4, -0.2) is 28.7 Å². The first kappa shape index (κ1) is 16.7. The second-order valence-corrected chi connectivity index (χ2v) is 5.28. The lowest BCUT2D eigenvalue weighted by atomic mass is 10.0. The molecule has 5 nitrogen and oxygen atoms in total. The standard InChI is InChI=1S/C18H19NO4/c1-12-4-2-6-15(18(22)23)16(12)17(21)19-14-9-7-13(8-10-14)5-3-11-20/h2,4,6-10,20H,3,5,11H2,1H3,(H,19,21)(H,22,23). The maximum Gasteiger partial charge on any atom is 0.336 e. The van der Waals surface area contributed by atoms with Gasteiger partial charge in [-0.1, -0.05) is 24.3 Å². The van der Waals surface area contributed by atoms with Crippen molar-refractivity contribution in [1.29, 1.82) is 0 Å². The molecule has 2 aromatic rings. The molecular formula is C18H19NO4. The Hall–Kier alpha value is -2.66. The molecule has 2 rings (SSSR count). The normalized spacial score (nSPS) is 10.3. The van der Waals surface area contributed by atoms with Gasteiger partial charge in [0, 0.05) is 12.3 Å². The summed E-state index contributed by atoms with van der Waals surface area (Å²) in [6.45, 7) is 1.85. The lowest BCUT2D eigenvalue weighted by Gasteiger charge is -2.11. The number of aryl methyl sites for hydroxylation is 2. The number of amides is 1. The molecule has 1 amide bonds. The van der Waals surface area contributed by atoms with Gasteiger partial charge in [0.05, 0.1) is 11.1 Å². The molecule has 0 fully saturated rings. The lowest BCUT2D eigenvalue weighted by Crippen LogP contribution is -2.18. The Morgan fingerprint density at radius 1 is 1.09 bits per heavy atom. The van der Waals surface area contributed by atoms with Gasteiger partial charge in [-0.05, 0) is 49.1 Å². The molecule has 3 N–H and O–H groups in total. The molecule has 23 heavy (non-hydrogen) atoms. The zero-order chi connectivity index (χ0) is 16.8. The van der Waals surface area contributed by atoms with Crippen molar-refractivity contribution in [1.82, 2.24) is 0 Å². The van der Waals surface area contributed by atoms with E-state index in [1.807, 2.05) is 12.1 Å². The summed E-state index contributed by atoms with van der Waals surface area (Å²) in [6.07, 6.45) is 1.46. The van der Waals surface area contributed by atoms with Crippen molar-refractivity contribution < 1.29 is 19.8 Å². The van der Waals surface area contributed by atoms with Crippen molar-refractivity contribution in [2.45, 2.75) is 19.8 Å². The first-order chi connectivity index (χ1) is 11.0. The van der Waals surface area contributed by atoms with Crippen LogP contribution in [0.15, 0.2) is 42.5 Å². The minimum Gasteiger partial charge on any atom is -0.478 e. The van der Waals surface area contributed by atoms with Gasteiger partial charge in [0.25, 0.3) is 5.91 Å². The molecule has 0 aliphatic rings. The topological polar surface area (TPSA) is 86.6 Å². The fourth-order valence-electron chi connectivity index (χ4n) is 2.38. The fraction of sp³-hybridized carbons (Fsp3) is 0.222. The first-order valence-electron chi connectivity index (χ1n) is 7.37. The van der Waals surface area contributed by atoms with E-state index in [0.29, 0.717) is 17.7 Å². The minimum atomic E-state index is -1.13. The van der Waals surface area contributed by atoms with Crippen molar-refractivity contribution in [3.8, 4) is 0 Å². The molecule has 0 aliphatic heterocycles. The molecule has 0 atom stereocenters. The summed E-state index contributed by atoms with van der Waals surface area (Å²) >= 11 is 0. The maximum atomic E-state index is 12.4. The van der Waals surface area contributed by atoms with Crippen molar-refractivity contribution in [3.63, 3.8) is 0 Å². The molecule has 0 radical (unpaired) electrons. The van der Waals surface area contributed by atoms with E-state index >= 15 is 0 Å². The largest absolute Gasteiger partial charge is 0.478 e. The van der Waals surface area contributed by atoms with Gasteiger partial charge in [-0.2, -0.15) is 0 Å². The van der Waals surface area contributed by atoms with E-state index < -0.39 is 11.9 Å². The van der Waals surface area contributed by atoms with Gasteiger partial charge in [0.2, 0.25) is 0 Å². The van der Waals surface area contributed by atoms with Crippen LogP contribution in [0.5, 0.6) is 0 Å². The Kier molecular flexibility index (Phi) is 5.49. The van der Waals surface area contributed by atoms with Crippen molar-refractivity contribution in [2.24, 2.45) is 0 Å². The van der Waals surface area contributed by atoms with Crippen LogP contribution in [0.3, 0.4) is 0 Å². The number of carboxylic acids is 1. The third kappa shape index (κ3) is 4.17. The Labute approximate surface area is 134 Å². The second-order valence-electron chi connectivity index (χ2n) is 5.28. The highest BCUT2D eigenvalue weighted by Crippen LogP contribution is 2.18. The number of nitrogens with one attached hydrogen (secondary N) is 1. The van der Waals surface area contributed by atoms with Crippen LogP contribution in [0.25, 0.3) is 0 Å². The summed E-state index contributed by atoms with van der Waals surface area (Å²) in [4.78, 5) is 23.7. The molecule has 0 saturated heterocycles. The molecule has 0 bridgehead atoms. The summed E-state index contributed by atoms with van der Waals surface area (Å²) in [5.74, 6) is -1.57. The predicted octanol–water partition coefficient (Wildman–Crippen LogP) is 2.87. The highest BCUT2D eigenvalue weighted by molar-refractivity contribution is 6.11. The van der Waals surface area contributed by atoms with Gasteiger partial charge < -0.3 is 15.5 Å². The van der Waals surface area contributed by atoms with E-state index in [1.165, 1.54) is 6.07 Å². The third-order valence-corrected chi connectivity index (χ3v) is 3.57. The Morgan fingerprint density at radius 2 is 1.78 bits per heavy atom. The number of hydrogen-bond donors (Lipinski definition) is 3. The number of benzene rings is 2. The van der Waals surface area contributed by atoms with E-state index in [-0.39, 0.29) is 17.7 Å². The highest BCUT2D eigenvalue weighted by atomic mass is 16.4. The summed E-state index contributed by atoms with van der Waals surface area (Å²) in [6, 6.07) is 12.0. The number of aliphatic hydroxyl groups is 1. The molecule has 0 aromatic heterocycles. The van der Waals surface area contributed by atoms with Gasteiger partial charge in [-0.3, -0.25) is 4.79 Å². The van der Waals surface area contributed by atoms with E-state index in [9.17, 15) is 14.7 Å². The fourth-order valence-corrected chi connectivity index (χ4v) is 2.38. The monoisotopic (exact) mass is 313 g/mol. The summed E-state index contributed by atoms with van der Waals surface area (Å²) in [5.41, 5.74) is 2.44. The van der Waals surface area contributed by atoms with Crippen LogP contribution in [0.4, 0.5) is 5.69 Å². The number of anilines is 1. The van der Waals surface area contributed by atoms with Crippen molar-refractivity contribution in [3.05, 3.63) is 64.7 Å². The average Bonchev–Trinajstić information content (AvgIpc) is 2.53. The minimum absolute atomic E-state index is 0.0120. The zero-order valence-electron chi connectivity index (χ0n) is 12.9. The Balaban J connectivity index is 2.18. The highest BCUT2D eigenvalue weighted by Gasteiger charge is 2.18. The van der Waals surface area contributed by atoms with Crippen LogP contribution in [-0.2, 0) is 6.42 Å². The lowest BCUT2D eigenvalue weighted by molar-refractivity contribution is 0.0692. The molecule has 0 saturated carbocycles. The molecule has 120 valence electrons. The molecular weight excluding hydrogens is 294 g/mol. The number of carboxylic acid groups (broad SMARTS) is 1. The molecule has 2 aromatic carbocycles. The molecule has 5 heteroatoms. The van der Waals surface area contributed by atoms with E-state index in [2.05, 4.69) is 5.32 Å². The number of aromatic carboxylic acids is 1. The summed E-state index contributed by atoms with van der Waals surface area (Å²) in [5, 5.41) is 20.8. The van der Waals surface area contributed by atoms with Gasteiger partial charge in [-0.25, -0.2) is 4.79 Å². The average molecular weight is 313 g/mol. The van der Waals surface area contributed by atoms with E-state index in [1.54, 1.807) is 31.2 Å². The number of carbonyl (C=O) groups excluding carboxylic acids is 1. The SMILES string of the molecule is Cc1cccc(C(=O)O)c1C(=O)Nc1ccc(CCCO)cc1. The van der Waals surface area contributed by atoms with E-state index in [0.717, 1.165) is 12.0 Å². The van der Waals surface area contributed by atoms with Crippen LogP contribution in [0.2, 0.25) is 0 Å². The van der Waals surface area contributed by atoms with Crippen LogP contribution in [0, 0.1) is 6.92 Å². The maximum absolute atomic E-state index is 12.4. The third-order valence-electron chi connectivity index (χ3n) is 3.57. The Bertz CT molecular complexity index is 707. The van der Waals surface area contributed by atoms with Gasteiger partial charge >= 0.3 is 5.97 Å². The predicted molar refractivity (Wildman–Crippen MR) is 87.9 cm³/mol. The zero-order valence-corrected chi connectivity index (χ0v) is 12.9. The molecule has 0 heterocycles. The second kappa shape index (κ2) is 7.56. The first-order valence-corrected chi connectivity index (χ1v) is 7.37. The summed E-state index contributed by atoms with van der Waals surface area (Å²) in [7, 11) is 0. The quantitative estimate of drug-likeness (QED) is 0.765. The van der Waals surface area contributed by atoms with Gasteiger partial charge in [0.15, 0.2) is 0 Å². The van der Waals surface area contributed by atoms with Crippen LogP contribution < -0.4 is 5.32 Å². The number of hydrogen-bond acceptors (Lipinski definition) is 3. The van der Waals surface area contributed by atoms with Gasteiger partial charge in [0.1, 0.15) is 0 Å². The van der Waals surface area contributed by atoms with Crippen LogP contribution >= 0.6 is 0 Å². The number of carbonyl (C=O) groups is 2. The molecule has 0 unspecified atom stereocenters. The smallest absolute Gasteiger partial charge is 0.336 e. The number of rotatable bonds is 6. The molecule has 0 spiro atoms. The van der Waals surface area contributed by atoms with Crippen LogP contribution in [0.1, 0.15) is 38.3 Å². The number of aliphatic hydroxyl groups excluding tert-OH is 1. The molecule has 0 aliphatic carbocycles.